The van der Waals surface area contributed by atoms with Crippen LogP contribution in [-0.4, -0.2) is 219 Å². The summed E-state index contributed by atoms with van der Waals surface area (Å²) < 4.78 is 117. The van der Waals surface area contributed by atoms with Crippen molar-refractivity contribution in [3.8, 4) is 0 Å². The molecule has 34 heteroatoms. The Hall–Kier alpha value is -5.32. The molecule has 5 fully saturated rings. The number of hydrogen-bond donors (Lipinski definition) is 1. The highest BCUT2D eigenvalue weighted by molar-refractivity contribution is 6.76. The van der Waals surface area contributed by atoms with Crippen LogP contribution in [-0.2, 0) is 143 Å². The number of halogens is 3. The van der Waals surface area contributed by atoms with E-state index in [2.05, 4.69) is 0 Å². The van der Waals surface area contributed by atoms with E-state index in [1.165, 1.54) is 13.8 Å². The van der Waals surface area contributed by atoms with Gasteiger partial charge in [0.2, 0.25) is 18.3 Å². The number of alkyl halides is 3. The second kappa shape index (κ2) is 34.4. The van der Waals surface area contributed by atoms with Crippen molar-refractivity contribution in [3.05, 3.63) is 0 Å². The van der Waals surface area contributed by atoms with E-state index in [9.17, 15) is 47.9 Å². The molecule has 5 saturated heterocycles. The van der Waals surface area contributed by atoms with Crippen LogP contribution in [0.4, 0.5) is 0 Å². The third-order valence-corrected chi connectivity index (χ3v) is 16.2. The molecular weight excluding hydrogens is 1300 g/mol. The maximum Gasteiger partial charge on any atom is 0.303 e. The highest BCUT2D eigenvalue weighted by Gasteiger charge is 2.57. The van der Waals surface area contributed by atoms with Crippen LogP contribution in [0.15, 0.2) is 0 Å². The Morgan fingerprint density at radius 2 is 0.478 bits per heavy atom. The Labute approximate surface area is 546 Å². The minimum atomic E-state index is -2.44. The summed E-state index contributed by atoms with van der Waals surface area (Å²) in [6, 6.07) is 0. The average Bonchev–Trinajstić information content (AvgIpc) is 0.818. The van der Waals surface area contributed by atoms with Gasteiger partial charge in [-0.3, -0.25) is 53.4 Å². The lowest BCUT2D eigenvalue weighted by atomic mass is 9.88. The van der Waals surface area contributed by atoms with Crippen molar-refractivity contribution in [1.82, 2.24) is 0 Å². The van der Waals surface area contributed by atoms with Gasteiger partial charge in [-0.05, 0) is 6.42 Å². The summed E-state index contributed by atoms with van der Waals surface area (Å²) in [5.74, 6) is -13.0. The smallest absolute Gasteiger partial charge is 0.303 e. The van der Waals surface area contributed by atoms with Crippen molar-refractivity contribution in [2.75, 3.05) is 26.4 Å². The van der Waals surface area contributed by atoms with Crippen molar-refractivity contribution in [2.45, 2.75) is 244 Å². The van der Waals surface area contributed by atoms with Gasteiger partial charge in [-0.2, -0.15) is 0 Å². The fraction of sp³-hybridized carbons (Fsp3) is 0.810. The third-order valence-electron chi connectivity index (χ3n) is 15.6. The Morgan fingerprint density at radius 1 is 0.304 bits per heavy atom. The molecule has 0 amide bonds. The zero-order valence-corrected chi connectivity index (χ0v) is 56.1. The molecule has 0 saturated carbocycles. The zero-order chi connectivity index (χ0) is 69.0. The minimum absolute atomic E-state index is 0.368. The SMILES string of the molecule is CC[C@H]1O[C@@H](OC[C@H]2O[C@@H](OC[C@H]3O[C@@H](OC[C@H]4O[C@@H](OC[C@H]5OC(OC(=N)C(Cl)(Cl)Cl)[C@H](OC(C)=O)[C@@H](OC(C)=O)[C@@H]5C)[C@H](OC(C)=O)[C@@H](OC(C)=O)[C@@H]4C)[C@H](OC(C)=O)[C@@H](OC(C)=O)[C@@H]3C)[C@H](OC(C)=O)[C@@H](OC(C)=O)[C@@H]2C)[C@H](OC(C)=O)[C@@H](OC(C)=O)[C@@H]1C. The molecule has 0 aromatic heterocycles. The number of nitrogens with one attached hydrogen (secondary N) is 1. The summed E-state index contributed by atoms with van der Waals surface area (Å²) in [6.45, 7) is 19.1. The Balaban J connectivity index is 1.47. The number of carbonyl (C=O) groups is 10. The van der Waals surface area contributed by atoms with Crippen molar-refractivity contribution >= 4 is 100 Å². The molecule has 5 aliphatic heterocycles. The van der Waals surface area contributed by atoms with E-state index in [0.29, 0.717) is 6.42 Å². The fourth-order valence-corrected chi connectivity index (χ4v) is 11.5. The van der Waals surface area contributed by atoms with E-state index in [4.69, 9.17) is 135 Å². The molecular formula is C58H84Cl3NO30. The highest BCUT2D eigenvalue weighted by atomic mass is 35.6. The Kier molecular flexibility index (Phi) is 28.9. The molecule has 1 N–H and O–H groups in total. The maximum atomic E-state index is 12.9. The largest absolute Gasteiger partial charge is 0.458 e. The van der Waals surface area contributed by atoms with E-state index in [0.717, 1.165) is 55.4 Å². The average molecular weight is 1380 g/mol. The fourth-order valence-electron chi connectivity index (χ4n) is 11.4. The molecule has 31 nitrogen and oxygen atoms in total. The maximum absolute atomic E-state index is 12.9. The highest BCUT2D eigenvalue weighted by Crippen LogP contribution is 2.40. The summed E-state index contributed by atoms with van der Waals surface area (Å²) in [7, 11) is 0. The molecule has 5 aliphatic rings. The molecule has 5 rings (SSSR count). The first-order valence-electron chi connectivity index (χ1n) is 29.7. The lowest BCUT2D eigenvalue weighted by Gasteiger charge is -2.48. The van der Waals surface area contributed by atoms with Gasteiger partial charge >= 0.3 is 59.7 Å². The number of esters is 10. The lowest BCUT2D eigenvalue weighted by Crippen LogP contribution is -2.62. The van der Waals surface area contributed by atoms with Gasteiger partial charge in [0.05, 0.1) is 56.9 Å². The van der Waals surface area contributed by atoms with Crippen molar-refractivity contribution < 1.29 is 143 Å². The topological polar surface area (TPSA) is 379 Å². The van der Waals surface area contributed by atoms with Gasteiger partial charge in [0.15, 0.2) is 49.6 Å². The first-order valence-corrected chi connectivity index (χ1v) is 30.8. The summed E-state index contributed by atoms with van der Waals surface area (Å²) in [5, 5.41) is 8.26. The van der Waals surface area contributed by atoms with Gasteiger partial charge in [0.25, 0.3) is 3.79 Å². The van der Waals surface area contributed by atoms with E-state index in [1.54, 1.807) is 34.6 Å². The third kappa shape index (κ3) is 21.3. The Bertz CT molecular complexity index is 2610. The molecule has 0 bridgehead atoms. The van der Waals surface area contributed by atoms with Crippen LogP contribution in [0.25, 0.3) is 0 Å². The summed E-state index contributed by atoms with van der Waals surface area (Å²) >= 11 is 17.8. The molecule has 0 radical (unpaired) electrons. The van der Waals surface area contributed by atoms with E-state index >= 15 is 0 Å². The standard InChI is InChI=1S/C58H84Cl3NO30/c1-17-37-22(2)42(77-27(7)63)47(82-32(12)68)52(87-37)73-18-38-23(3)43(78-28(8)64)48(83-33(13)69)53(88-38)74-19-39-24(4)44(79-29(9)65)49(84-34(14)70)54(89-39)75-20-40-25(5)45(80-30(10)66)50(85-35(15)71)55(90-40)76-21-41-26(6)46(81-31(11)67)51(86-36(16)72)56(91-41)92-57(62)58(59,60)61/h22-26,37-56,62H,17-21H2,1-16H3/t22-,23-,24-,25-,26-,37-,38-,39-,40-,41-,42+,43+,44+,45+,46+,47-,48-,49-,50-,51-,52-,53-,54-,55-,56?/m1/s1. The van der Waals surface area contributed by atoms with Crippen molar-refractivity contribution in [2.24, 2.45) is 29.6 Å². The summed E-state index contributed by atoms with van der Waals surface area (Å²) in [5.41, 5.74) is 0. The van der Waals surface area contributed by atoms with Gasteiger partial charge in [0, 0.05) is 98.8 Å². The van der Waals surface area contributed by atoms with Gasteiger partial charge in [0.1, 0.15) is 30.5 Å². The molecule has 0 aliphatic carbocycles. The van der Waals surface area contributed by atoms with Crippen LogP contribution in [0.1, 0.15) is 117 Å². The van der Waals surface area contributed by atoms with Crippen LogP contribution in [0, 0.1) is 35.0 Å². The minimum Gasteiger partial charge on any atom is -0.458 e. The molecule has 522 valence electrons. The quantitative estimate of drug-likeness (QED) is 0.0470. The van der Waals surface area contributed by atoms with E-state index in [-0.39, 0.29) is 6.61 Å². The molecule has 1 unspecified atom stereocenters. The van der Waals surface area contributed by atoms with Crippen molar-refractivity contribution in [1.29, 1.82) is 5.41 Å². The molecule has 0 aromatic carbocycles. The molecule has 0 spiro atoms. The molecule has 92 heavy (non-hydrogen) atoms. The lowest BCUT2D eigenvalue weighted by molar-refractivity contribution is -0.341. The van der Waals surface area contributed by atoms with Crippen LogP contribution in [0.3, 0.4) is 0 Å². The van der Waals surface area contributed by atoms with Crippen LogP contribution < -0.4 is 0 Å². The molecule has 25 atom stereocenters. The van der Waals surface area contributed by atoms with Crippen molar-refractivity contribution in [3.63, 3.8) is 0 Å². The Morgan fingerprint density at radius 3 is 0.674 bits per heavy atom. The van der Waals surface area contributed by atoms with Gasteiger partial charge in [-0.15, -0.1) is 0 Å². The van der Waals surface area contributed by atoms with Crippen LogP contribution in [0.2, 0.25) is 0 Å². The zero-order valence-electron chi connectivity index (χ0n) is 53.9. The predicted octanol–water partition coefficient (Wildman–Crippen LogP) is 3.95. The monoisotopic (exact) mass is 1380 g/mol. The van der Waals surface area contributed by atoms with Gasteiger partial charge in [-0.25, -0.2) is 0 Å². The summed E-state index contributed by atoms with van der Waals surface area (Å²) in [6.07, 6.45) is -26.4. The van der Waals surface area contributed by atoms with E-state index in [1.807, 2.05) is 6.92 Å². The number of carbonyl (C=O) groups excluding carboxylic acids is 10. The first kappa shape index (κ1) is 77.4. The van der Waals surface area contributed by atoms with Gasteiger partial charge in [-0.1, -0.05) is 76.3 Å². The summed E-state index contributed by atoms with van der Waals surface area (Å²) in [4.78, 5) is 127. The predicted molar refractivity (Wildman–Crippen MR) is 308 cm³/mol. The number of ether oxygens (including phenoxy) is 20. The number of rotatable bonds is 24. The molecule has 0 aromatic rings. The first-order chi connectivity index (χ1) is 42.9. The normalized spacial score (nSPS) is 36.3. The van der Waals surface area contributed by atoms with Gasteiger partial charge < -0.3 is 94.7 Å². The van der Waals surface area contributed by atoms with Crippen LogP contribution in [0.5, 0.6) is 0 Å². The molecule has 5 heterocycles. The second-order valence-electron chi connectivity index (χ2n) is 22.9. The second-order valence-corrected chi connectivity index (χ2v) is 25.2. The van der Waals surface area contributed by atoms with E-state index < -0.39 is 242 Å². The van der Waals surface area contributed by atoms with Crippen LogP contribution >= 0.6 is 34.8 Å². The number of hydrogen-bond acceptors (Lipinski definition) is 31.